The van der Waals surface area contributed by atoms with Crippen molar-refractivity contribution in [2.24, 2.45) is 0 Å². The van der Waals surface area contributed by atoms with Crippen LogP contribution < -0.4 is 24.8 Å². The molecule has 0 saturated heterocycles. The van der Waals surface area contributed by atoms with Gasteiger partial charge in [0.1, 0.15) is 5.75 Å². The van der Waals surface area contributed by atoms with Gasteiger partial charge in [-0.15, -0.1) is 0 Å². The Kier molecular flexibility index (Phi) is 8.45. The summed E-state index contributed by atoms with van der Waals surface area (Å²) >= 11 is 0. The Labute approximate surface area is 215 Å². The summed E-state index contributed by atoms with van der Waals surface area (Å²) in [4.78, 5) is 24.0. The van der Waals surface area contributed by atoms with Gasteiger partial charge in [0, 0.05) is 30.4 Å². The minimum absolute atomic E-state index is 0.134. The van der Waals surface area contributed by atoms with Crippen LogP contribution in [0, 0.1) is 10.1 Å². The normalized spacial score (nSPS) is 16.9. The summed E-state index contributed by atoms with van der Waals surface area (Å²) in [6, 6.07) is 19.6. The van der Waals surface area contributed by atoms with Gasteiger partial charge in [-0.05, 0) is 61.6 Å². The fraction of sp³-hybridized carbons (Fsp3) is 0.321. The molecule has 0 radical (unpaired) electrons. The topological polar surface area (TPSA) is 112 Å². The average molecular weight is 506 g/mol. The van der Waals surface area contributed by atoms with Crippen molar-refractivity contribution in [3.05, 3.63) is 88.0 Å². The van der Waals surface area contributed by atoms with Gasteiger partial charge in [0.2, 0.25) is 0 Å². The number of benzene rings is 3. The molecule has 3 aromatic carbocycles. The van der Waals surface area contributed by atoms with Crippen molar-refractivity contribution in [1.29, 1.82) is 0 Å². The van der Waals surface area contributed by atoms with Crippen LogP contribution in [0.15, 0.2) is 66.7 Å². The van der Waals surface area contributed by atoms with Gasteiger partial charge in [-0.2, -0.15) is 0 Å². The van der Waals surface area contributed by atoms with Crippen LogP contribution in [0.25, 0.3) is 0 Å². The number of hydrogen-bond acceptors (Lipinski definition) is 7. The van der Waals surface area contributed by atoms with Crippen LogP contribution in [-0.4, -0.2) is 37.2 Å². The standard InChI is InChI=1S/C28H31N3O6/c1-35-26-15-8-19(16-27(26)36-2)18-29-28(32)24-17-21(31(33)34)11-14-25(24)30-20-9-12-23(13-10-20)37-22-6-4-3-5-7-22/h3-8,11,14-17,20,23,30H,9-10,12-13,18H2,1-2H3,(H,29,32). The number of rotatable bonds is 10. The minimum atomic E-state index is -0.499. The molecule has 0 aliphatic heterocycles. The third-order valence-electron chi connectivity index (χ3n) is 6.44. The third kappa shape index (κ3) is 6.69. The van der Waals surface area contributed by atoms with E-state index in [2.05, 4.69) is 10.6 Å². The second-order valence-corrected chi connectivity index (χ2v) is 8.91. The fourth-order valence-electron chi connectivity index (χ4n) is 4.46. The number of ether oxygens (including phenoxy) is 3. The van der Waals surface area contributed by atoms with Gasteiger partial charge >= 0.3 is 0 Å². The van der Waals surface area contributed by atoms with Crippen LogP contribution in [0.5, 0.6) is 17.2 Å². The number of nitro benzene ring substituents is 1. The quantitative estimate of drug-likeness (QED) is 0.282. The van der Waals surface area contributed by atoms with E-state index in [-0.39, 0.29) is 29.9 Å². The summed E-state index contributed by atoms with van der Waals surface area (Å²) in [5.41, 5.74) is 1.48. The molecule has 37 heavy (non-hydrogen) atoms. The van der Waals surface area contributed by atoms with Crippen LogP contribution in [0.2, 0.25) is 0 Å². The fourth-order valence-corrected chi connectivity index (χ4v) is 4.46. The number of amides is 1. The van der Waals surface area contributed by atoms with E-state index in [4.69, 9.17) is 14.2 Å². The molecular formula is C28H31N3O6. The molecule has 0 heterocycles. The van der Waals surface area contributed by atoms with Gasteiger partial charge in [0.15, 0.2) is 11.5 Å². The number of carbonyl (C=O) groups excluding carboxylic acids is 1. The number of nitrogens with one attached hydrogen (secondary N) is 2. The van der Waals surface area contributed by atoms with E-state index in [9.17, 15) is 14.9 Å². The Morgan fingerprint density at radius 2 is 1.68 bits per heavy atom. The van der Waals surface area contributed by atoms with Gasteiger partial charge < -0.3 is 24.8 Å². The SMILES string of the molecule is COc1ccc(CNC(=O)c2cc([N+](=O)[O-])ccc2NC2CCC(Oc3ccccc3)CC2)cc1OC. The van der Waals surface area contributed by atoms with E-state index in [1.54, 1.807) is 32.4 Å². The van der Waals surface area contributed by atoms with E-state index >= 15 is 0 Å². The molecule has 1 fully saturated rings. The van der Waals surface area contributed by atoms with E-state index in [1.165, 1.54) is 12.1 Å². The van der Waals surface area contributed by atoms with Crippen LogP contribution in [-0.2, 0) is 6.54 Å². The average Bonchev–Trinajstić information content (AvgIpc) is 2.93. The number of anilines is 1. The highest BCUT2D eigenvalue weighted by molar-refractivity contribution is 6.00. The summed E-state index contributed by atoms with van der Waals surface area (Å²) in [6.07, 6.45) is 3.62. The number of nitrogens with zero attached hydrogens (tertiary/aromatic N) is 1. The summed E-state index contributed by atoms with van der Waals surface area (Å²) in [6.45, 7) is 0.225. The monoisotopic (exact) mass is 505 g/mol. The van der Waals surface area contributed by atoms with Crippen molar-refractivity contribution in [2.75, 3.05) is 19.5 Å². The van der Waals surface area contributed by atoms with E-state index < -0.39 is 10.8 Å². The molecule has 0 aromatic heterocycles. The molecule has 3 aromatic rings. The zero-order chi connectivity index (χ0) is 26.2. The summed E-state index contributed by atoms with van der Waals surface area (Å²) in [7, 11) is 3.10. The van der Waals surface area contributed by atoms with E-state index in [0.29, 0.717) is 17.2 Å². The molecule has 1 amide bonds. The first-order valence-corrected chi connectivity index (χ1v) is 12.2. The number of methoxy groups -OCH3 is 2. The second-order valence-electron chi connectivity index (χ2n) is 8.91. The predicted octanol–water partition coefficient (Wildman–Crippen LogP) is 5.34. The third-order valence-corrected chi connectivity index (χ3v) is 6.44. The van der Waals surface area contributed by atoms with Crippen molar-refractivity contribution in [1.82, 2.24) is 5.32 Å². The molecular weight excluding hydrogens is 474 g/mol. The van der Waals surface area contributed by atoms with Crippen LogP contribution in [0.3, 0.4) is 0 Å². The number of hydrogen-bond donors (Lipinski definition) is 2. The lowest BCUT2D eigenvalue weighted by molar-refractivity contribution is -0.384. The lowest BCUT2D eigenvalue weighted by atomic mass is 9.92. The number of para-hydroxylation sites is 1. The molecule has 1 aliphatic rings. The summed E-state index contributed by atoms with van der Waals surface area (Å²) in [5.74, 6) is 1.61. The Hall–Kier alpha value is -4.27. The van der Waals surface area contributed by atoms with Gasteiger partial charge in [-0.25, -0.2) is 0 Å². The van der Waals surface area contributed by atoms with Gasteiger partial charge in [-0.3, -0.25) is 14.9 Å². The Morgan fingerprint density at radius 3 is 2.35 bits per heavy atom. The molecule has 0 spiro atoms. The Morgan fingerprint density at radius 1 is 0.946 bits per heavy atom. The molecule has 1 saturated carbocycles. The zero-order valence-electron chi connectivity index (χ0n) is 20.9. The van der Waals surface area contributed by atoms with Crippen LogP contribution >= 0.6 is 0 Å². The molecule has 0 bridgehead atoms. The molecule has 9 nitrogen and oxygen atoms in total. The number of non-ortho nitro benzene ring substituents is 1. The van der Waals surface area contributed by atoms with Gasteiger partial charge in [-0.1, -0.05) is 24.3 Å². The highest BCUT2D eigenvalue weighted by atomic mass is 16.6. The maximum absolute atomic E-state index is 13.1. The lowest BCUT2D eigenvalue weighted by Crippen LogP contribution is -2.32. The highest BCUT2D eigenvalue weighted by Crippen LogP contribution is 2.30. The maximum atomic E-state index is 13.1. The second kappa shape index (κ2) is 12.1. The smallest absolute Gasteiger partial charge is 0.270 e. The molecule has 0 unspecified atom stereocenters. The van der Waals surface area contributed by atoms with Crippen LogP contribution in [0.4, 0.5) is 11.4 Å². The van der Waals surface area contributed by atoms with Crippen molar-refractivity contribution in [3.63, 3.8) is 0 Å². The first-order chi connectivity index (χ1) is 18.0. The van der Waals surface area contributed by atoms with E-state index in [0.717, 1.165) is 37.0 Å². The molecule has 0 atom stereocenters. The van der Waals surface area contributed by atoms with Crippen LogP contribution in [0.1, 0.15) is 41.6 Å². The van der Waals surface area contributed by atoms with Crippen molar-refractivity contribution >= 4 is 17.3 Å². The number of nitro groups is 1. The first kappa shape index (κ1) is 25.8. The zero-order valence-corrected chi connectivity index (χ0v) is 20.9. The van der Waals surface area contributed by atoms with Gasteiger partial charge in [0.05, 0.1) is 30.8 Å². The summed E-state index contributed by atoms with van der Waals surface area (Å²) < 4.78 is 16.7. The molecule has 9 heteroatoms. The molecule has 194 valence electrons. The predicted molar refractivity (Wildman–Crippen MR) is 141 cm³/mol. The molecule has 4 rings (SSSR count). The maximum Gasteiger partial charge on any atom is 0.270 e. The van der Waals surface area contributed by atoms with E-state index in [1.807, 2.05) is 36.4 Å². The minimum Gasteiger partial charge on any atom is -0.493 e. The van der Waals surface area contributed by atoms with Gasteiger partial charge in [0.25, 0.3) is 11.6 Å². The molecule has 2 N–H and O–H groups in total. The first-order valence-electron chi connectivity index (χ1n) is 12.2. The Bertz CT molecular complexity index is 1230. The number of carbonyl (C=O) groups is 1. The largest absolute Gasteiger partial charge is 0.493 e. The van der Waals surface area contributed by atoms with Crippen molar-refractivity contribution in [3.8, 4) is 17.2 Å². The molecule has 1 aliphatic carbocycles. The highest BCUT2D eigenvalue weighted by Gasteiger charge is 2.25. The van der Waals surface area contributed by atoms with Crippen molar-refractivity contribution in [2.45, 2.75) is 44.4 Å². The van der Waals surface area contributed by atoms with Crippen molar-refractivity contribution < 1.29 is 23.9 Å². The summed E-state index contributed by atoms with van der Waals surface area (Å²) in [5, 5.41) is 17.7. The Balaban J connectivity index is 1.41. The lowest BCUT2D eigenvalue weighted by Gasteiger charge is -2.30.